The summed E-state index contributed by atoms with van der Waals surface area (Å²) in [5.41, 5.74) is 0. The van der Waals surface area contributed by atoms with Gasteiger partial charge in [-0.05, 0) is 12.1 Å². The molecular weight excluding hydrogens is 192 g/mol. The van der Waals surface area contributed by atoms with E-state index < -0.39 is 0 Å². The molecule has 1 aromatic heterocycles. The number of furan rings is 1. The van der Waals surface area contributed by atoms with Gasteiger partial charge in [0.2, 0.25) is 0 Å². The van der Waals surface area contributed by atoms with E-state index in [1.807, 2.05) is 12.1 Å². The predicted molar refractivity (Wildman–Crippen MR) is 55.4 cm³/mol. The second-order valence-corrected chi connectivity index (χ2v) is 4.19. The normalized spacial score (nSPS) is 26.7. The van der Waals surface area contributed by atoms with Gasteiger partial charge in [-0.1, -0.05) is 0 Å². The van der Waals surface area contributed by atoms with Crippen molar-refractivity contribution in [3.63, 3.8) is 0 Å². The summed E-state index contributed by atoms with van der Waals surface area (Å²) in [6.07, 6.45) is 2.62. The summed E-state index contributed by atoms with van der Waals surface area (Å²) in [6.45, 7) is 4.70. The molecule has 4 heteroatoms. The lowest BCUT2D eigenvalue weighted by Gasteiger charge is -2.29. The van der Waals surface area contributed by atoms with Crippen LogP contribution < -0.4 is 10.2 Å². The van der Waals surface area contributed by atoms with Crippen molar-refractivity contribution < 1.29 is 19.7 Å². The minimum Gasteiger partial charge on any atom is -0.463 e. The fourth-order valence-electron chi connectivity index (χ4n) is 2.32. The van der Waals surface area contributed by atoms with E-state index in [4.69, 9.17) is 9.52 Å². The molecule has 1 aliphatic heterocycles. The summed E-state index contributed by atoms with van der Waals surface area (Å²) < 4.78 is 5.37. The van der Waals surface area contributed by atoms with Crippen molar-refractivity contribution in [3.05, 3.63) is 24.2 Å². The Hall–Kier alpha value is -0.840. The maximum Gasteiger partial charge on any atom is 0.157 e. The van der Waals surface area contributed by atoms with Gasteiger partial charge in [0.25, 0.3) is 0 Å². The Morgan fingerprint density at radius 3 is 3.27 bits per heavy atom. The molecule has 0 saturated carbocycles. The smallest absolute Gasteiger partial charge is 0.157 e. The first-order valence-corrected chi connectivity index (χ1v) is 5.69. The average Bonchev–Trinajstić information content (AvgIpc) is 2.74. The number of aliphatic hydroxyl groups is 1. The summed E-state index contributed by atoms with van der Waals surface area (Å²) in [5, 5.41) is 11.4. The van der Waals surface area contributed by atoms with Crippen LogP contribution in [0.4, 0.5) is 0 Å². The summed E-state index contributed by atoms with van der Waals surface area (Å²) >= 11 is 0. The SMILES string of the molecule is OCCC1C[NH2+]CC[NH+]1Cc1ccco1. The van der Waals surface area contributed by atoms with Gasteiger partial charge >= 0.3 is 0 Å². The Morgan fingerprint density at radius 1 is 1.60 bits per heavy atom. The maximum atomic E-state index is 9.01. The zero-order valence-electron chi connectivity index (χ0n) is 8.98. The molecule has 1 fully saturated rings. The molecule has 2 rings (SSSR count). The average molecular weight is 212 g/mol. The third kappa shape index (κ3) is 2.81. The Kier molecular flexibility index (Phi) is 3.77. The second kappa shape index (κ2) is 5.30. The number of hydrogen-bond acceptors (Lipinski definition) is 2. The van der Waals surface area contributed by atoms with Crippen LogP contribution in [0.25, 0.3) is 0 Å². The lowest BCUT2D eigenvalue weighted by atomic mass is 10.1. The van der Waals surface area contributed by atoms with Crippen LogP contribution >= 0.6 is 0 Å². The molecule has 84 valence electrons. The van der Waals surface area contributed by atoms with Gasteiger partial charge in [-0.15, -0.1) is 0 Å². The van der Waals surface area contributed by atoms with Crippen molar-refractivity contribution in [3.8, 4) is 0 Å². The standard InChI is InChI=1S/C11H18N2O2/c14-6-3-10-8-12-4-5-13(10)9-11-2-1-7-15-11/h1-2,7,10,12,14H,3-6,8-9H2/p+2. The predicted octanol–water partition coefficient (Wildman–Crippen LogP) is -2.01. The monoisotopic (exact) mass is 212 g/mol. The highest BCUT2D eigenvalue weighted by molar-refractivity contribution is 4.95. The maximum absolute atomic E-state index is 9.01. The van der Waals surface area contributed by atoms with Gasteiger partial charge in [0.05, 0.1) is 6.26 Å². The second-order valence-electron chi connectivity index (χ2n) is 4.19. The van der Waals surface area contributed by atoms with Crippen molar-refractivity contribution >= 4 is 0 Å². The van der Waals surface area contributed by atoms with E-state index >= 15 is 0 Å². The number of nitrogens with one attached hydrogen (secondary N) is 1. The van der Waals surface area contributed by atoms with E-state index in [0.717, 1.165) is 31.8 Å². The van der Waals surface area contributed by atoms with Crippen molar-refractivity contribution in [2.45, 2.75) is 19.0 Å². The molecule has 2 atom stereocenters. The number of rotatable bonds is 4. The van der Waals surface area contributed by atoms with Gasteiger partial charge in [0, 0.05) is 13.0 Å². The molecule has 1 aliphatic rings. The minimum absolute atomic E-state index is 0.292. The topological polar surface area (TPSA) is 54.4 Å². The molecule has 4 N–H and O–H groups in total. The van der Waals surface area contributed by atoms with Crippen molar-refractivity contribution in [1.29, 1.82) is 0 Å². The van der Waals surface area contributed by atoms with Crippen molar-refractivity contribution in [2.24, 2.45) is 0 Å². The third-order valence-corrected chi connectivity index (χ3v) is 3.16. The summed E-state index contributed by atoms with van der Waals surface area (Å²) in [6, 6.07) is 4.53. The molecule has 0 spiro atoms. The molecule has 0 aliphatic carbocycles. The molecule has 0 radical (unpaired) electrons. The molecule has 2 heterocycles. The first kappa shape index (κ1) is 10.7. The van der Waals surface area contributed by atoms with Crippen molar-refractivity contribution in [2.75, 3.05) is 26.2 Å². The zero-order chi connectivity index (χ0) is 10.5. The van der Waals surface area contributed by atoms with Crippen molar-refractivity contribution in [1.82, 2.24) is 0 Å². The van der Waals surface area contributed by atoms with Crippen LogP contribution in [0.15, 0.2) is 22.8 Å². The van der Waals surface area contributed by atoms with E-state index in [-0.39, 0.29) is 0 Å². The fourth-order valence-corrected chi connectivity index (χ4v) is 2.32. The van der Waals surface area contributed by atoms with Gasteiger partial charge in [-0.25, -0.2) is 0 Å². The Labute approximate surface area is 89.9 Å². The minimum atomic E-state index is 0.292. The zero-order valence-corrected chi connectivity index (χ0v) is 8.98. The Balaban J connectivity index is 1.92. The fraction of sp³-hybridized carbons (Fsp3) is 0.636. The molecule has 0 amide bonds. The third-order valence-electron chi connectivity index (χ3n) is 3.16. The lowest BCUT2D eigenvalue weighted by Crippen LogP contribution is -3.23. The molecule has 2 unspecified atom stereocenters. The van der Waals surface area contributed by atoms with Crippen LogP contribution in [0.1, 0.15) is 12.2 Å². The summed E-state index contributed by atoms with van der Waals surface area (Å²) in [5.74, 6) is 1.05. The van der Waals surface area contributed by atoms with E-state index in [2.05, 4.69) is 5.32 Å². The summed E-state index contributed by atoms with van der Waals surface area (Å²) in [4.78, 5) is 1.54. The number of quaternary nitrogens is 2. The van der Waals surface area contributed by atoms with Crippen LogP contribution in [0.3, 0.4) is 0 Å². The molecule has 1 saturated heterocycles. The first-order valence-electron chi connectivity index (χ1n) is 5.69. The van der Waals surface area contributed by atoms with Gasteiger partial charge in [0.1, 0.15) is 32.2 Å². The number of nitrogens with two attached hydrogens (primary N) is 1. The highest BCUT2D eigenvalue weighted by Gasteiger charge is 2.28. The van der Waals surface area contributed by atoms with Crippen LogP contribution in [0, 0.1) is 0 Å². The molecule has 0 bridgehead atoms. The molecule has 4 nitrogen and oxygen atoms in total. The molecule has 15 heavy (non-hydrogen) atoms. The van der Waals surface area contributed by atoms with E-state index in [1.54, 1.807) is 11.2 Å². The van der Waals surface area contributed by atoms with Crippen LogP contribution in [0.2, 0.25) is 0 Å². The van der Waals surface area contributed by atoms with Crippen LogP contribution in [-0.4, -0.2) is 37.4 Å². The Bertz CT molecular complexity index is 272. The van der Waals surface area contributed by atoms with E-state index in [9.17, 15) is 0 Å². The van der Waals surface area contributed by atoms with E-state index in [1.165, 1.54) is 6.54 Å². The molecular formula is C11H20N2O2+2. The quantitative estimate of drug-likeness (QED) is 0.540. The highest BCUT2D eigenvalue weighted by atomic mass is 16.3. The van der Waals surface area contributed by atoms with Gasteiger partial charge in [-0.3, -0.25) is 0 Å². The molecule has 0 aromatic carbocycles. The van der Waals surface area contributed by atoms with Crippen LogP contribution in [-0.2, 0) is 6.54 Å². The number of piperazine rings is 1. The number of aliphatic hydroxyl groups excluding tert-OH is 1. The molecule has 1 aromatic rings. The highest BCUT2D eigenvalue weighted by Crippen LogP contribution is 1.97. The Morgan fingerprint density at radius 2 is 2.53 bits per heavy atom. The summed E-state index contributed by atoms with van der Waals surface area (Å²) in [7, 11) is 0. The lowest BCUT2D eigenvalue weighted by molar-refractivity contribution is -0.983. The van der Waals surface area contributed by atoms with Gasteiger partial charge in [0.15, 0.2) is 5.76 Å². The largest absolute Gasteiger partial charge is 0.463 e. The first-order chi connectivity index (χ1) is 7.40. The van der Waals surface area contributed by atoms with E-state index in [0.29, 0.717) is 12.6 Å². The van der Waals surface area contributed by atoms with Crippen LogP contribution in [0.5, 0.6) is 0 Å². The number of hydrogen-bond donors (Lipinski definition) is 3. The van der Waals surface area contributed by atoms with Gasteiger partial charge in [-0.2, -0.15) is 0 Å². The van der Waals surface area contributed by atoms with Gasteiger partial charge < -0.3 is 19.7 Å².